The van der Waals surface area contributed by atoms with E-state index in [0.717, 1.165) is 6.42 Å². The molecule has 1 atom stereocenters. The van der Waals surface area contributed by atoms with Crippen molar-refractivity contribution in [3.05, 3.63) is 35.9 Å². The van der Waals surface area contributed by atoms with Gasteiger partial charge in [-0.2, -0.15) is 0 Å². The Morgan fingerprint density at radius 3 is 2.62 bits per heavy atom. The van der Waals surface area contributed by atoms with Gasteiger partial charge in [-0.15, -0.1) is 0 Å². The summed E-state index contributed by atoms with van der Waals surface area (Å²) in [5.41, 5.74) is 1.22. The lowest BCUT2D eigenvalue weighted by atomic mass is 10.0. The largest absolute Gasteiger partial charge is 0.344 e. The number of rotatable bonds is 5. The smallest absolute Gasteiger partial charge is 0.245 e. The summed E-state index contributed by atoms with van der Waals surface area (Å²) >= 11 is 0. The SMILES string of the molecule is CC(C)CC1NC(=O)CCN(CCc2ccccc2)C1=O. The summed E-state index contributed by atoms with van der Waals surface area (Å²) < 4.78 is 0. The third kappa shape index (κ3) is 4.59. The highest BCUT2D eigenvalue weighted by atomic mass is 16.2. The van der Waals surface area contributed by atoms with Crippen molar-refractivity contribution in [2.75, 3.05) is 13.1 Å². The summed E-state index contributed by atoms with van der Waals surface area (Å²) in [6.07, 6.45) is 1.93. The number of hydrogen-bond donors (Lipinski definition) is 1. The first-order chi connectivity index (χ1) is 10.1. The van der Waals surface area contributed by atoms with Gasteiger partial charge in [-0.25, -0.2) is 0 Å². The van der Waals surface area contributed by atoms with Gasteiger partial charge in [0.2, 0.25) is 11.8 Å². The van der Waals surface area contributed by atoms with Crippen LogP contribution in [0.4, 0.5) is 0 Å². The van der Waals surface area contributed by atoms with Crippen LogP contribution >= 0.6 is 0 Å². The number of amides is 2. The van der Waals surface area contributed by atoms with E-state index in [1.54, 1.807) is 0 Å². The predicted molar refractivity (Wildman–Crippen MR) is 82.7 cm³/mol. The molecule has 1 fully saturated rings. The van der Waals surface area contributed by atoms with Crippen LogP contribution in [0.2, 0.25) is 0 Å². The lowest BCUT2D eigenvalue weighted by molar-refractivity contribution is -0.133. The van der Waals surface area contributed by atoms with Gasteiger partial charge in [0.1, 0.15) is 6.04 Å². The maximum Gasteiger partial charge on any atom is 0.245 e. The Balaban J connectivity index is 2.00. The maximum absolute atomic E-state index is 12.6. The fourth-order valence-corrected chi connectivity index (χ4v) is 2.66. The van der Waals surface area contributed by atoms with E-state index in [1.165, 1.54) is 5.56 Å². The summed E-state index contributed by atoms with van der Waals surface area (Å²) in [4.78, 5) is 26.1. The molecule has 2 rings (SSSR count). The van der Waals surface area contributed by atoms with Crippen molar-refractivity contribution in [1.29, 1.82) is 0 Å². The van der Waals surface area contributed by atoms with Crippen LogP contribution in [0.1, 0.15) is 32.3 Å². The molecule has 21 heavy (non-hydrogen) atoms. The van der Waals surface area contributed by atoms with E-state index < -0.39 is 0 Å². The minimum atomic E-state index is -0.365. The molecule has 1 aromatic carbocycles. The van der Waals surface area contributed by atoms with E-state index in [-0.39, 0.29) is 17.9 Å². The quantitative estimate of drug-likeness (QED) is 0.901. The molecule has 4 heteroatoms. The molecular weight excluding hydrogens is 264 g/mol. The summed E-state index contributed by atoms with van der Waals surface area (Å²) in [6.45, 7) is 5.33. The number of hydrogen-bond acceptors (Lipinski definition) is 2. The van der Waals surface area contributed by atoms with Crippen molar-refractivity contribution in [2.45, 2.75) is 39.2 Å². The zero-order valence-electron chi connectivity index (χ0n) is 12.8. The van der Waals surface area contributed by atoms with Gasteiger partial charge in [0.15, 0.2) is 0 Å². The zero-order chi connectivity index (χ0) is 15.2. The summed E-state index contributed by atoms with van der Waals surface area (Å²) in [5.74, 6) is 0.426. The lowest BCUT2D eigenvalue weighted by Gasteiger charge is -2.25. The maximum atomic E-state index is 12.6. The van der Waals surface area contributed by atoms with Gasteiger partial charge in [-0.05, 0) is 24.3 Å². The van der Waals surface area contributed by atoms with Crippen molar-refractivity contribution < 1.29 is 9.59 Å². The van der Waals surface area contributed by atoms with Gasteiger partial charge in [0.05, 0.1) is 0 Å². The molecule has 4 nitrogen and oxygen atoms in total. The second kappa shape index (κ2) is 7.25. The van der Waals surface area contributed by atoms with Crippen molar-refractivity contribution in [3.63, 3.8) is 0 Å². The molecule has 114 valence electrons. The van der Waals surface area contributed by atoms with Gasteiger partial charge in [0.25, 0.3) is 0 Å². The molecule has 0 bridgehead atoms. The molecule has 0 saturated carbocycles. The second-order valence-electron chi connectivity index (χ2n) is 6.06. The molecule has 1 aliphatic rings. The monoisotopic (exact) mass is 288 g/mol. The van der Waals surface area contributed by atoms with Crippen LogP contribution in [0.25, 0.3) is 0 Å². The summed E-state index contributed by atoms with van der Waals surface area (Å²) in [6, 6.07) is 9.77. The Labute approximate surface area is 126 Å². The van der Waals surface area contributed by atoms with E-state index >= 15 is 0 Å². The Bertz CT molecular complexity index is 485. The topological polar surface area (TPSA) is 49.4 Å². The third-order valence-electron chi connectivity index (χ3n) is 3.77. The molecule has 0 aromatic heterocycles. The molecule has 0 spiro atoms. The second-order valence-corrected chi connectivity index (χ2v) is 6.06. The molecule has 1 aliphatic heterocycles. The first kappa shape index (κ1) is 15.5. The number of carbonyl (C=O) groups is 2. The Morgan fingerprint density at radius 1 is 1.24 bits per heavy atom. The number of nitrogens with one attached hydrogen (secondary N) is 1. The Hall–Kier alpha value is -1.84. The van der Waals surface area contributed by atoms with Crippen LogP contribution in [0.5, 0.6) is 0 Å². The number of nitrogens with zero attached hydrogens (tertiary/aromatic N) is 1. The standard InChI is InChI=1S/C17H24N2O2/c1-13(2)12-15-17(21)19(11-9-16(20)18-15)10-8-14-6-4-3-5-7-14/h3-7,13,15H,8-12H2,1-2H3,(H,18,20). The van der Waals surface area contributed by atoms with Crippen LogP contribution in [0.3, 0.4) is 0 Å². The average Bonchev–Trinajstić information content (AvgIpc) is 2.58. The normalized spacial score (nSPS) is 19.6. The van der Waals surface area contributed by atoms with Gasteiger partial charge < -0.3 is 10.2 Å². The van der Waals surface area contributed by atoms with E-state index in [0.29, 0.717) is 31.8 Å². The highest BCUT2D eigenvalue weighted by Gasteiger charge is 2.29. The molecule has 1 heterocycles. The predicted octanol–water partition coefficient (Wildman–Crippen LogP) is 1.99. The first-order valence-electron chi connectivity index (χ1n) is 7.68. The third-order valence-corrected chi connectivity index (χ3v) is 3.77. The van der Waals surface area contributed by atoms with Gasteiger partial charge in [-0.1, -0.05) is 44.2 Å². The first-order valence-corrected chi connectivity index (χ1v) is 7.68. The molecule has 1 saturated heterocycles. The van der Waals surface area contributed by atoms with Crippen molar-refractivity contribution in [2.24, 2.45) is 5.92 Å². The van der Waals surface area contributed by atoms with Crippen LogP contribution in [0.15, 0.2) is 30.3 Å². The van der Waals surface area contributed by atoms with E-state index in [4.69, 9.17) is 0 Å². The lowest BCUT2D eigenvalue weighted by Crippen LogP contribution is -2.45. The van der Waals surface area contributed by atoms with Gasteiger partial charge in [0, 0.05) is 19.5 Å². The van der Waals surface area contributed by atoms with Crippen molar-refractivity contribution >= 4 is 11.8 Å². The fourth-order valence-electron chi connectivity index (χ4n) is 2.66. The Morgan fingerprint density at radius 2 is 1.95 bits per heavy atom. The highest BCUT2D eigenvalue weighted by Crippen LogP contribution is 2.12. The average molecular weight is 288 g/mol. The van der Waals surface area contributed by atoms with Crippen LogP contribution in [0, 0.1) is 5.92 Å². The zero-order valence-corrected chi connectivity index (χ0v) is 12.8. The molecule has 1 N–H and O–H groups in total. The van der Waals surface area contributed by atoms with Crippen molar-refractivity contribution in [1.82, 2.24) is 10.2 Å². The number of carbonyl (C=O) groups excluding carboxylic acids is 2. The minimum Gasteiger partial charge on any atom is -0.344 e. The summed E-state index contributed by atoms with van der Waals surface area (Å²) in [5, 5.41) is 2.86. The highest BCUT2D eigenvalue weighted by molar-refractivity contribution is 5.89. The number of benzene rings is 1. The summed E-state index contributed by atoms with van der Waals surface area (Å²) in [7, 11) is 0. The molecule has 1 aromatic rings. The molecule has 0 aliphatic carbocycles. The van der Waals surface area contributed by atoms with Crippen LogP contribution in [-0.4, -0.2) is 35.8 Å². The van der Waals surface area contributed by atoms with E-state index in [2.05, 4.69) is 31.3 Å². The molecular formula is C17H24N2O2. The fraction of sp³-hybridized carbons (Fsp3) is 0.529. The van der Waals surface area contributed by atoms with Crippen LogP contribution < -0.4 is 5.32 Å². The van der Waals surface area contributed by atoms with Crippen LogP contribution in [-0.2, 0) is 16.0 Å². The molecule has 0 radical (unpaired) electrons. The molecule has 1 unspecified atom stereocenters. The van der Waals surface area contributed by atoms with E-state index in [9.17, 15) is 9.59 Å². The van der Waals surface area contributed by atoms with E-state index in [1.807, 2.05) is 23.1 Å². The van der Waals surface area contributed by atoms with Gasteiger partial charge in [-0.3, -0.25) is 9.59 Å². The minimum absolute atomic E-state index is 0.0174. The van der Waals surface area contributed by atoms with Gasteiger partial charge >= 0.3 is 0 Å². The van der Waals surface area contributed by atoms with Crippen molar-refractivity contribution in [3.8, 4) is 0 Å². The Kier molecular flexibility index (Phi) is 5.37. The molecule has 2 amide bonds.